The van der Waals surface area contributed by atoms with Gasteiger partial charge in [-0.15, -0.1) is 12.4 Å². The van der Waals surface area contributed by atoms with Crippen LogP contribution >= 0.6 is 12.4 Å². The number of hydrogen-bond acceptors (Lipinski definition) is 4. The molecule has 7 heteroatoms. The molecule has 114 valence electrons. The molecule has 0 amide bonds. The largest absolute Gasteiger partial charge is 0.380 e. The predicted molar refractivity (Wildman–Crippen MR) is 77.9 cm³/mol. The predicted octanol–water partition coefficient (Wildman–Crippen LogP) is 1.02. The van der Waals surface area contributed by atoms with E-state index in [0.717, 1.165) is 19.3 Å². The molecule has 0 aromatic rings. The van der Waals surface area contributed by atoms with E-state index in [9.17, 15) is 8.42 Å². The van der Waals surface area contributed by atoms with Crippen LogP contribution in [0, 0.1) is 5.92 Å². The lowest BCUT2D eigenvalue weighted by atomic mass is 9.99. The summed E-state index contributed by atoms with van der Waals surface area (Å²) in [5.41, 5.74) is 5.73. The van der Waals surface area contributed by atoms with Gasteiger partial charge in [0.1, 0.15) is 0 Å². The average molecular weight is 313 g/mol. The molecule has 1 heterocycles. The SMILES string of the molecule is Cl.NCC(NS(=O)(=O)C1CCCOC1)C1CCCC1. The Bertz CT molecular complexity index is 352. The molecule has 2 aliphatic rings. The third-order valence-electron chi connectivity index (χ3n) is 4.10. The third-order valence-corrected chi connectivity index (χ3v) is 5.98. The Morgan fingerprint density at radius 1 is 1.21 bits per heavy atom. The maximum absolute atomic E-state index is 12.3. The maximum atomic E-state index is 12.3. The summed E-state index contributed by atoms with van der Waals surface area (Å²) in [5, 5.41) is -0.401. The first kappa shape index (κ1) is 17.2. The average Bonchev–Trinajstić information content (AvgIpc) is 2.91. The lowest BCUT2D eigenvalue weighted by Gasteiger charge is -2.28. The van der Waals surface area contributed by atoms with Gasteiger partial charge >= 0.3 is 0 Å². The molecule has 5 nitrogen and oxygen atoms in total. The molecular weight excluding hydrogens is 288 g/mol. The number of nitrogens with one attached hydrogen (secondary N) is 1. The molecule has 0 bridgehead atoms. The van der Waals surface area contributed by atoms with Gasteiger partial charge in [0.15, 0.2) is 0 Å². The molecular formula is C12H25ClN2O3S. The molecule has 1 saturated carbocycles. The van der Waals surface area contributed by atoms with E-state index in [1.165, 1.54) is 12.8 Å². The number of sulfonamides is 1. The van der Waals surface area contributed by atoms with Crippen molar-refractivity contribution in [2.45, 2.75) is 49.8 Å². The van der Waals surface area contributed by atoms with Crippen LogP contribution in [0.15, 0.2) is 0 Å². The topological polar surface area (TPSA) is 81.4 Å². The summed E-state index contributed by atoms with van der Waals surface area (Å²) >= 11 is 0. The summed E-state index contributed by atoms with van der Waals surface area (Å²) in [6.07, 6.45) is 6.07. The summed E-state index contributed by atoms with van der Waals surface area (Å²) < 4.78 is 32.6. The lowest BCUT2D eigenvalue weighted by Crippen LogP contribution is -2.49. The standard InChI is InChI=1S/C12H24N2O3S.ClH/c13-8-12(10-4-1-2-5-10)14-18(15,16)11-6-3-7-17-9-11;/h10-12,14H,1-9,13H2;1H. The zero-order valence-corrected chi connectivity index (χ0v) is 12.8. The van der Waals surface area contributed by atoms with E-state index in [1.807, 2.05) is 0 Å². The molecule has 2 fully saturated rings. The van der Waals surface area contributed by atoms with E-state index in [-0.39, 0.29) is 18.4 Å². The Balaban J connectivity index is 0.00000180. The van der Waals surface area contributed by atoms with Crippen molar-refractivity contribution in [2.75, 3.05) is 19.8 Å². The minimum atomic E-state index is -3.29. The Hall–Kier alpha value is 0.120. The normalized spacial score (nSPS) is 26.9. The number of halogens is 1. The molecule has 2 unspecified atom stereocenters. The van der Waals surface area contributed by atoms with Crippen molar-refractivity contribution >= 4 is 22.4 Å². The van der Waals surface area contributed by atoms with E-state index < -0.39 is 15.3 Å². The van der Waals surface area contributed by atoms with Gasteiger partial charge in [-0.3, -0.25) is 0 Å². The van der Waals surface area contributed by atoms with Crippen LogP contribution in [-0.2, 0) is 14.8 Å². The van der Waals surface area contributed by atoms with Crippen molar-refractivity contribution in [2.24, 2.45) is 11.7 Å². The number of rotatable bonds is 5. The van der Waals surface area contributed by atoms with Crippen molar-refractivity contribution in [3.8, 4) is 0 Å². The van der Waals surface area contributed by atoms with Crippen LogP contribution in [0.4, 0.5) is 0 Å². The highest BCUT2D eigenvalue weighted by molar-refractivity contribution is 7.90. The molecule has 0 spiro atoms. The van der Waals surface area contributed by atoms with E-state index in [4.69, 9.17) is 10.5 Å². The van der Waals surface area contributed by atoms with Gasteiger partial charge in [0, 0.05) is 19.2 Å². The van der Waals surface area contributed by atoms with Crippen LogP contribution in [0.2, 0.25) is 0 Å². The second kappa shape index (κ2) is 7.78. The van der Waals surface area contributed by atoms with Crippen LogP contribution < -0.4 is 10.5 Å². The highest BCUT2D eigenvalue weighted by Gasteiger charge is 2.33. The third kappa shape index (κ3) is 4.56. The van der Waals surface area contributed by atoms with E-state index in [1.54, 1.807) is 0 Å². The first-order valence-electron chi connectivity index (χ1n) is 6.92. The van der Waals surface area contributed by atoms with Gasteiger partial charge in [0.2, 0.25) is 10.0 Å². The molecule has 1 aliphatic heterocycles. The maximum Gasteiger partial charge on any atom is 0.217 e. The van der Waals surface area contributed by atoms with E-state index in [2.05, 4.69) is 4.72 Å². The van der Waals surface area contributed by atoms with Crippen molar-refractivity contribution in [3.63, 3.8) is 0 Å². The van der Waals surface area contributed by atoms with E-state index >= 15 is 0 Å². The first-order chi connectivity index (χ1) is 8.63. The lowest BCUT2D eigenvalue weighted by molar-refractivity contribution is 0.0986. The Morgan fingerprint density at radius 2 is 1.89 bits per heavy atom. The fourth-order valence-electron chi connectivity index (χ4n) is 2.96. The van der Waals surface area contributed by atoms with Crippen molar-refractivity contribution in [1.29, 1.82) is 0 Å². The molecule has 3 N–H and O–H groups in total. The Morgan fingerprint density at radius 3 is 2.42 bits per heavy atom. The van der Waals surface area contributed by atoms with E-state index in [0.29, 0.717) is 32.1 Å². The second-order valence-electron chi connectivity index (χ2n) is 5.39. The number of nitrogens with two attached hydrogens (primary N) is 1. The van der Waals surface area contributed by atoms with Gasteiger partial charge in [-0.05, 0) is 31.6 Å². The van der Waals surface area contributed by atoms with Gasteiger partial charge < -0.3 is 10.5 Å². The molecule has 2 rings (SSSR count). The van der Waals surface area contributed by atoms with Gasteiger partial charge in [-0.1, -0.05) is 12.8 Å². The molecule has 1 saturated heterocycles. The van der Waals surface area contributed by atoms with Crippen LogP contribution in [-0.4, -0.2) is 39.5 Å². The second-order valence-corrected chi connectivity index (χ2v) is 7.38. The van der Waals surface area contributed by atoms with Gasteiger partial charge in [0.25, 0.3) is 0 Å². The van der Waals surface area contributed by atoms with Crippen LogP contribution in [0.3, 0.4) is 0 Å². The fourth-order valence-corrected chi connectivity index (χ4v) is 4.62. The molecule has 0 aromatic heterocycles. The quantitative estimate of drug-likeness (QED) is 0.794. The summed E-state index contributed by atoms with van der Waals surface area (Å²) in [7, 11) is -3.29. The summed E-state index contributed by atoms with van der Waals surface area (Å²) in [5.74, 6) is 0.411. The molecule has 1 aliphatic carbocycles. The zero-order chi connectivity index (χ0) is 13.0. The highest BCUT2D eigenvalue weighted by atomic mass is 35.5. The molecule has 19 heavy (non-hydrogen) atoms. The summed E-state index contributed by atoms with van der Waals surface area (Å²) in [6.45, 7) is 1.38. The Labute approximate surface area is 122 Å². The number of ether oxygens (including phenoxy) is 1. The number of hydrogen-bond donors (Lipinski definition) is 2. The van der Waals surface area contributed by atoms with Crippen LogP contribution in [0.5, 0.6) is 0 Å². The van der Waals surface area contributed by atoms with Crippen molar-refractivity contribution in [1.82, 2.24) is 4.72 Å². The Kier molecular flexibility index (Phi) is 7.04. The van der Waals surface area contributed by atoms with Gasteiger partial charge in [-0.2, -0.15) is 0 Å². The van der Waals surface area contributed by atoms with Crippen LogP contribution in [0.25, 0.3) is 0 Å². The zero-order valence-electron chi connectivity index (χ0n) is 11.2. The smallest absolute Gasteiger partial charge is 0.217 e. The fraction of sp³-hybridized carbons (Fsp3) is 1.00. The van der Waals surface area contributed by atoms with Crippen molar-refractivity contribution < 1.29 is 13.2 Å². The first-order valence-corrected chi connectivity index (χ1v) is 8.47. The summed E-state index contributed by atoms with van der Waals surface area (Å²) in [4.78, 5) is 0. The van der Waals surface area contributed by atoms with Crippen molar-refractivity contribution in [3.05, 3.63) is 0 Å². The minimum absolute atomic E-state index is 0. The molecule has 0 radical (unpaired) electrons. The van der Waals surface area contributed by atoms with Gasteiger partial charge in [-0.25, -0.2) is 13.1 Å². The molecule has 2 atom stereocenters. The monoisotopic (exact) mass is 312 g/mol. The van der Waals surface area contributed by atoms with Crippen LogP contribution in [0.1, 0.15) is 38.5 Å². The highest BCUT2D eigenvalue weighted by Crippen LogP contribution is 2.28. The van der Waals surface area contributed by atoms with Gasteiger partial charge in [0.05, 0.1) is 11.9 Å². The summed E-state index contributed by atoms with van der Waals surface area (Å²) in [6, 6.07) is -0.0978. The molecule has 0 aromatic carbocycles. The minimum Gasteiger partial charge on any atom is -0.380 e.